The smallest absolute Gasteiger partial charge is 0.310 e. The van der Waals surface area contributed by atoms with Crippen molar-refractivity contribution in [3.05, 3.63) is 16.4 Å². The standard InChI is InChI=1S/C12H17ClN2O3/c1-8-9(10(13)15(2)14-8)7-12(11(16)17)3-5-18-6-4-12/h3-7H2,1-2H3,(H,16,17). The summed E-state index contributed by atoms with van der Waals surface area (Å²) >= 11 is 6.18. The van der Waals surface area contributed by atoms with Gasteiger partial charge in [-0.15, -0.1) is 0 Å². The number of aryl methyl sites for hydroxylation is 2. The molecule has 18 heavy (non-hydrogen) atoms. The van der Waals surface area contributed by atoms with E-state index >= 15 is 0 Å². The highest BCUT2D eigenvalue weighted by Crippen LogP contribution is 2.37. The fourth-order valence-corrected chi connectivity index (χ4v) is 2.68. The number of hydrogen-bond acceptors (Lipinski definition) is 3. The zero-order valence-corrected chi connectivity index (χ0v) is 11.3. The number of carboxylic acid groups (broad SMARTS) is 1. The third-order valence-electron chi connectivity index (χ3n) is 3.69. The predicted molar refractivity (Wildman–Crippen MR) is 66.8 cm³/mol. The molecular formula is C12H17ClN2O3. The lowest BCUT2D eigenvalue weighted by atomic mass is 9.75. The van der Waals surface area contributed by atoms with Crippen LogP contribution in [0.1, 0.15) is 24.1 Å². The maximum absolute atomic E-state index is 11.6. The molecule has 0 bridgehead atoms. The second-order valence-corrected chi connectivity index (χ2v) is 5.21. The number of hydrogen-bond donors (Lipinski definition) is 1. The Bertz CT molecular complexity index is 464. The van der Waals surface area contributed by atoms with E-state index in [1.807, 2.05) is 6.92 Å². The van der Waals surface area contributed by atoms with E-state index in [9.17, 15) is 9.90 Å². The lowest BCUT2D eigenvalue weighted by Crippen LogP contribution is -2.39. The van der Waals surface area contributed by atoms with Crippen LogP contribution in [-0.4, -0.2) is 34.1 Å². The molecule has 100 valence electrons. The van der Waals surface area contributed by atoms with Crippen molar-refractivity contribution in [1.29, 1.82) is 0 Å². The first-order valence-corrected chi connectivity index (χ1v) is 6.33. The zero-order chi connectivity index (χ0) is 13.3. The van der Waals surface area contributed by atoms with Crippen LogP contribution in [0.2, 0.25) is 5.15 Å². The molecule has 0 spiro atoms. The SMILES string of the molecule is Cc1nn(C)c(Cl)c1CC1(C(=O)O)CCOCC1. The molecule has 2 rings (SSSR count). The van der Waals surface area contributed by atoms with Crippen molar-refractivity contribution in [3.63, 3.8) is 0 Å². The van der Waals surface area contributed by atoms with Gasteiger partial charge in [0.2, 0.25) is 0 Å². The summed E-state index contributed by atoms with van der Waals surface area (Å²) < 4.78 is 6.85. The van der Waals surface area contributed by atoms with Gasteiger partial charge in [-0.3, -0.25) is 9.48 Å². The minimum absolute atomic E-state index is 0.421. The molecule has 0 amide bonds. The van der Waals surface area contributed by atoms with E-state index < -0.39 is 11.4 Å². The number of aliphatic carboxylic acids is 1. The van der Waals surface area contributed by atoms with Crippen molar-refractivity contribution in [2.75, 3.05) is 13.2 Å². The molecule has 1 N–H and O–H groups in total. The quantitative estimate of drug-likeness (QED) is 0.911. The van der Waals surface area contributed by atoms with Crippen LogP contribution >= 0.6 is 11.6 Å². The van der Waals surface area contributed by atoms with E-state index in [0.717, 1.165) is 11.3 Å². The minimum Gasteiger partial charge on any atom is -0.481 e. The number of carboxylic acids is 1. The average Bonchev–Trinajstić information content (AvgIpc) is 2.57. The Kier molecular flexibility index (Phi) is 3.64. The molecule has 0 aromatic carbocycles. The first-order valence-electron chi connectivity index (χ1n) is 5.95. The lowest BCUT2D eigenvalue weighted by Gasteiger charge is -2.33. The molecule has 2 heterocycles. The highest BCUT2D eigenvalue weighted by molar-refractivity contribution is 6.30. The van der Waals surface area contributed by atoms with Gasteiger partial charge in [0.15, 0.2) is 0 Å². The van der Waals surface area contributed by atoms with Gasteiger partial charge < -0.3 is 9.84 Å². The Balaban J connectivity index is 2.31. The molecule has 0 saturated carbocycles. The topological polar surface area (TPSA) is 64.4 Å². The summed E-state index contributed by atoms with van der Waals surface area (Å²) in [6.07, 6.45) is 1.46. The van der Waals surface area contributed by atoms with Crippen LogP contribution < -0.4 is 0 Å². The number of nitrogens with zero attached hydrogens (tertiary/aromatic N) is 2. The molecule has 0 radical (unpaired) electrons. The Hall–Kier alpha value is -1.07. The summed E-state index contributed by atoms with van der Waals surface area (Å²) in [4.78, 5) is 11.6. The van der Waals surface area contributed by atoms with Crippen molar-refractivity contribution < 1.29 is 14.6 Å². The second kappa shape index (κ2) is 4.90. The molecule has 1 saturated heterocycles. The number of carbonyl (C=O) groups is 1. The molecule has 1 aliphatic rings. The zero-order valence-electron chi connectivity index (χ0n) is 10.6. The maximum atomic E-state index is 11.6. The molecule has 1 aromatic rings. The van der Waals surface area contributed by atoms with Crippen molar-refractivity contribution in [3.8, 4) is 0 Å². The molecule has 1 aromatic heterocycles. The number of rotatable bonds is 3. The third-order valence-corrected chi connectivity index (χ3v) is 4.16. The Morgan fingerprint density at radius 1 is 1.56 bits per heavy atom. The van der Waals surface area contributed by atoms with Crippen LogP contribution in [0.4, 0.5) is 0 Å². The van der Waals surface area contributed by atoms with Gasteiger partial charge in [0.25, 0.3) is 0 Å². The fraction of sp³-hybridized carbons (Fsp3) is 0.667. The molecule has 0 atom stereocenters. The van der Waals surface area contributed by atoms with Gasteiger partial charge in [-0.1, -0.05) is 11.6 Å². The summed E-state index contributed by atoms with van der Waals surface area (Å²) in [5, 5.41) is 14.3. The van der Waals surface area contributed by atoms with Gasteiger partial charge >= 0.3 is 5.97 Å². The highest BCUT2D eigenvalue weighted by Gasteiger charge is 2.41. The first-order chi connectivity index (χ1) is 8.46. The first kappa shape index (κ1) is 13.4. The summed E-state index contributed by atoms with van der Waals surface area (Å²) in [5.41, 5.74) is 0.869. The predicted octanol–water partition coefficient (Wildman–Crippen LogP) is 1.81. The Morgan fingerprint density at radius 2 is 2.17 bits per heavy atom. The fourth-order valence-electron chi connectivity index (χ4n) is 2.44. The van der Waals surface area contributed by atoms with Gasteiger partial charge in [0, 0.05) is 25.8 Å². The van der Waals surface area contributed by atoms with Crippen LogP contribution in [0.15, 0.2) is 0 Å². The normalized spacial score (nSPS) is 18.8. The summed E-state index contributed by atoms with van der Waals surface area (Å²) in [5.74, 6) is -0.773. The van der Waals surface area contributed by atoms with E-state index in [1.165, 1.54) is 0 Å². The van der Waals surface area contributed by atoms with Gasteiger partial charge in [0.1, 0.15) is 5.15 Å². The average molecular weight is 273 g/mol. The van der Waals surface area contributed by atoms with Crippen LogP contribution in [0.3, 0.4) is 0 Å². The van der Waals surface area contributed by atoms with Crippen LogP contribution in [0, 0.1) is 12.3 Å². The third kappa shape index (κ3) is 2.24. The molecule has 5 nitrogen and oxygen atoms in total. The second-order valence-electron chi connectivity index (χ2n) is 4.85. The van der Waals surface area contributed by atoms with Crippen molar-refractivity contribution in [2.45, 2.75) is 26.2 Å². The van der Waals surface area contributed by atoms with Gasteiger partial charge in [-0.05, 0) is 26.2 Å². The van der Waals surface area contributed by atoms with Crippen LogP contribution in [0.5, 0.6) is 0 Å². The molecule has 0 aliphatic carbocycles. The van der Waals surface area contributed by atoms with Crippen LogP contribution in [-0.2, 0) is 23.0 Å². The number of aromatic nitrogens is 2. The van der Waals surface area contributed by atoms with Crippen molar-refractivity contribution >= 4 is 17.6 Å². The molecular weight excluding hydrogens is 256 g/mol. The van der Waals surface area contributed by atoms with E-state index in [0.29, 0.717) is 37.6 Å². The van der Waals surface area contributed by atoms with Crippen LogP contribution in [0.25, 0.3) is 0 Å². The molecule has 1 fully saturated rings. The summed E-state index contributed by atoms with van der Waals surface area (Å²) in [6.45, 7) is 2.84. The monoisotopic (exact) mass is 272 g/mol. The van der Waals surface area contributed by atoms with Gasteiger partial charge in [-0.2, -0.15) is 5.10 Å². The maximum Gasteiger partial charge on any atom is 0.310 e. The largest absolute Gasteiger partial charge is 0.481 e. The van der Waals surface area contributed by atoms with Crippen molar-refractivity contribution in [2.24, 2.45) is 12.5 Å². The van der Waals surface area contributed by atoms with Gasteiger partial charge in [-0.25, -0.2) is 0 Å². The molecule has 1 aliphatic heterocycles. The number of ether oxygens (including phenoxy) is 1. The Labute approximate surface area is 111 Å². The van der Waals surface area contributed by atoms with Crippen molar-refractivity contribution in [1.82, 2.24) is 9.78 Å². The highest BCUT2D eigenvalue weighted by atomic mass is 35.5. The summed E-state index contributed by atoms with van der Waals surface area (Å²) in [6, 6.07) is 0. The molecule has 0 unspecified atom stereocenters. The van der Waals surface area contributed by atoms with E-state index in [1.54, 1.807) is 11.7 Å². The lowest BCUT2D eigenvalue weighted by molar-refractivity contribution is -0.154. The van der Waals surface area contributed by atoms with E-state index in [4.69, 9.17) is 16.3 Å². The summed E-state index contributed by atoms with van der Waals surface area (Å²) in [7, 11) is 1.76. The van der Waals surface area contributed by atoms with E-state index in [2.05, 4.69) is 5.10 Å². The minimum atomic E-state index is -0.773. The number of halogens is 1. The van der Waals surface area contributed by atoms with Gasteiger partial charge in [0.05, 0.1) is 11.1 Å². The molecule has 6 heteroatoms. The van der Waals surface area contributed by atoms with E-state index in [-0.39, 0.29) is 0 Å². The Morgan fingerprint density at radius 3 is 2.61 bits per heavy atom.